The minimum atomic E-state index is 0.0224. The predicted molar refractivity (Wildman–Crippen MR) is 112 cm³/mol. The topological polar surface area (TPSA) is 21.7 Å². The summed E-state index contributed by atoms with van der Waals surface area (Å²) in [4.78, 5) is 6.77. The molecule has 0 aromatic heterocycles. The first-order chi connectivity index (χ1) is 12.4. The molecule has 1 saturated heterocycles. The van der Waals surface area contributed by atoms with E-state index in [4.69, 9.17) is 9.57 Å². The van der Waals surface area contributed by atoms with Crippen molar-refractivity contribution < 1.29 is 9.57 Å². The maximum atomic E-state index is 6.77. The third-order valence-electron chi connectivity index (χ3n) is 6.65. The van der Waals surface area contributed by atoms with Gasteiger partial charge in [0.05, 0.1) is 6.10 Å². The van der Waals surface area contributed by atoms with Crippen LogP contribution in [0, 0.1) is 0 Å². The Hall–Kier alpha value is -0.420. The average molecular weight is 426 g/mol. The molecule has 1 aliphatic heterocycles. The average Bonchev–Trinajstić information content (AvgIpc) is 2.68. The summed E-state index contributed by atoms with van der Waals surface area (Å²) in [6.45, 7) is 11.3. The Labute approximate surface area is 168 Å². The Morgan fingerprint density at radius 3 is 1.85 bits per heavy atom. The maximum absolute atomic E-state index is 6.77. The second-order valence-electron chi connectivity index (χ2n) is 7.72. The van der Waals surface area contributed by atoms with Crippen LogP contribution in [-0.4, -0.2) is 29.4 Å². The molecule has 0 saturated carbocycles. The number of hydroxylamine groups is 2. The quantitative estimate of drug-likeness (QED) is 0.463. The standard InChI is InChI=1S/C22H36BrNO2/c1-7-21(8-2)15-20(25-6)16-22(9-3,10-4)24(21)26-17(5)18-11-13-19(23)14-12-18/h11-14,17,20H,7-10,15-16H2,1-6H3. The van der Waals surface area contributed by atoms with Gasteiger partial charge in [-0.25, -0.2) is 0 Å². The zero-order chi connectivity index (χ0) is 19.4. The van der Waals surface area contributed by atoms with Crippen LogP contribution in [0.1, 0.15) is 84.8 Å². The van der Waals surface area contributed by atoms with Crippen LogP contribution in [0.4, 0.5) is 0 Å². The molecule has 0 N–H and O–H groups in total. The highest BCUT2D eigenvalue weighted by Gasteiger charge is 2.53. The molecule has 0 radical (unpaired) electrons. The largest absolute Gasteiger partial charge is 0.381 e. The van der Waals surface area contributed by atoms with Crippen LogP contribution < -0.4 is 0 Å². The number of hydrogen-bond donors (Lipinski definition) is 0. The maximum Gasteiger partial charge on any atom is 0.102 e. The molecule has 0 aliphatic carbocycles. The van der Waals surface area contributed by atoms with E-state index in [0.29, 0.717) is 6.10 Å². The first kappa shape index (κ1) is 21.9. The Bertz CT molecular complexity index is 530. The van der Waals surface area contributed by atoms with Gasteiger partial charge in [0.15, 0.2) is 0 Å². The van der Waals surface area contributed by atoms with Gasteiger partial charge in [0, 0.05) is 22.7 Å². The molecule has 0 spiro atoms. The van der Waals surface area contributed by atoms with Crippen LogP contribution in [0.2, 0.25) is 0 Å². The smallest absolute Gasteiger partial charge is 0.102 e. The van der Waals surface area contributed by atoms with E-state index in [1.54, 1.807) is 0 Å². The molecule has 1 atom stereocenters. The molecule has 1 aliphatic rings. The molecule has 2 rings (SSSR count). The Balaban J connectivity index is 2.39. The Kier molecular flexibility index (Phi) is 7.73. The van der Waals surface area contributed by atoms with Gasteiger partial charge in [-0.2, -0.15) is 5.06 Å². The number of rotatable bonds is 8. The van der Waals surface area contributed by atoms with Crippen LogP contribution in [-0.2, 0) is 9.57 Å². The van der Waals surface area contributed by atoms with E-state index in [9.17, 15) is 0 Å². The van der Waals surface area contributed by atoms with Gasteiger partial charge in [-0.1, -0.05) is 55.8 Å². The lowest BCUT2D eigenvalue weighted by atomic mass is 9.71. The molecule has 4 heteroatoms. The molecule has 1 unspecified atom stereocenters. The molecule has 148 valence electrons. The fraction of sp³-hybridized carbons (Fsp3) is 0.727. The normalized spacial score (nSPS) is 21.7. The fourth-order valence-electron chi connectivity index (χ4n) is 4.58. The number of methoxy groups -OCH3 is 1. The first-order valence-electron chi connectivity index (χ1n) is 10.2. The molecule has 26 heavy (non-hydrogen) atoms. The summed E-state index contributed by atoms with van der Waals surface area (Å²) in [5.41, 5.74) is 1.26. The molecule has 1 aromatic rings. The zero-order valence-corrected chi connectivity index (χ0v) is 18.9. The van der Waals surface area contributed by atoms with Crippen molar-refractivity contribution in [3.05, 3.63) is 34.3 Å². The third-order valence-corrected chi connectivity index (χ3v) is 7.17. The second-order valence-corrected chi connectivity index (χ2v) is 8.64. The first-order valence-corrected chi connectivity index (χ1v) is 10.9. The van der Waals surface area contributed by atoms with Crippen LogP contribution >= 0.6 is 15.9 Å². The van der Waals surface area contributed by atoms with E-state index < -0.39 is 0 Å². The molecule has 0 amide bonds. The van der Waals surface area contributed by atoms with Crippen molar-refractivity contribution in [2.45, 2.75) is 96.4 Å². The van der Waals surface area contributed by atoms with Gasteiger partial charge in [-0.15, -0.1) is 0 Å². The summed E-state index contributed by atoms with van der Waals surface area (Å²) >= 11 is 3.52. The van der Waals surface area contributed by atoms with Crippen LogP contribution in [0.5, 0.6) is 0 Å². The van der Waals surface area contributed by atoms with E-state index in [0.717, 1.165) is 43.0 Å². The number of ether oxygens (including phenoxy) is 1. The minimum absolute atomic E-state index is 0.0224. The zero-order valence-electron chi connectivity index (χ0n) is 17.3. The molecular formula is C22H36BrNO2. The SMILES string of the molecule is CCC1(CC)CC(OC)CC(CC)(CC)N1OC(C)c1ccc(Br)cc1. The van der Waals surface area contributed by atoms with E-state index in [1.807, 2.05) is 7.11 Å². The lowest BCUT2D eigenvalue weighted by molar-refractivity contribution is -0.333. The van der Waals surface area contributed by atoms with Crippen LogP contribution in [0.25, 0.3) is 0 Å². The number of hydrogen-bond acceptors (Lipinski definition) is 3. The van der Waals surface area contributed by atoms with Crippen molar-refractivity contribution in [2.24, 2.45) is 0 Å². The van der Waals surface area contributed by atoms with Crippen molar-refractivity contribution in [2.75, 3.05) is 7.11 Å². The number of nitrogens with zero attached hydrogens (tertiary/aromatic N) is 1. The van der Waals surface area contributed by atoms with E-state index >= 15 is 0 Å². The van der Waals surface area contributed by atoms with Crippen LogP contribution in [0.15, 0.2) is 28.7 Å². The highest BCUT2D eigenvalue weighted by atomic mass is 79.9. The van der Waals surface area contributed by atoms with Gasteiger partial charge in [-0.3, -0.25) is 4.84 Å². The van der Waals surface area contributed by atoms with Gasteiger partial charge < -0.3 is 4.74 Å². The van der Waals surface area contributed by atoms with Gasteiger partial charge in [-0.05, 0) is 63.1 Å². The summed E-state index contributed by atoms with van der Waals surface area (Å²) < 4.78 is 6.97. The van der Waals surface area contributed by atoms with Gasteiger partial charge in [0.25, 0.3) is 0 Å². The fourth-order valence-corrected chi connectivity index (χ4v) is 4.85. The van der Waals surface area contributed by atoms with Crippen LogP contribution in [0.3, 0.4) is 0 Å². The van der Waals surface area contributed by atoms with Gasteiger partial charge in [0.1, 0.15) is 6.10 Å². The van der Waals surface area contributed by atoms with E-state index in [2.05, 4.69) is 79.9 Å². The molecule has 0 bridgehead atoms. The Morgan fingerprint density at radius 1 is 1.00 bits per heavy atom. The summed E-state index contributed by atoms with van der Waals surface area (Å²) in [5.74, 6) is 0. The summed E-state index contributed by atoms with van der Waals surface area (Å²) in [6.07, 6.45) is 6.67. The Morgan fingerprint density at radius 2 is 1.46 bits per heavy atom. The van der Waals surface area contributed by atoms with Crippen molar-refractivity contribution >= 4 is 15.9 Å². The van der Waals surface area contributed by atoms with Crippen molar-refractivity contribution in [1.29, 1.82) is 0 Å². The molecule has 1 heterocycles. The lowest BCUT2D eigenvalue weighted by Crippen LogP contribution is -2.66. The summed E-state index contributed by atoms with van der Waals surface area (Å²) in [5, 5.41) is 2.40. The lowest BCUT2D eigenvalue weighted by Gasteiger charge is -2.58. The van der Waals surface area contributed by atoms with Gasteiger partial charge in [0.2, 0.25) is 0 Å². The molecule has 1 aromatic carbocycles. The highest BCUT2D eigenvalue weighted by Crippen LogP contribution is 2.48. The van der Waals surface area contributed by atoms with Crippen molar-refractivity contribution in [3.8, 4) is 0 Å². The van der Waals surface area contributed by atoms with E-state index in [-0.39, 0.29) is 17.2 Å². The van der Waals surface area contributed by atoms with Crippen molar-refractivity contribution in [1.82, 2.24) is 5.06 Å². The molecule has 1 fully saturated rings. The third kappa shape index (κ3) is 4.19. The predicted octanol–water partition coefficient (Wildman–Crippen LogP) is 6.67. The van der Waals surface area contributed by atoms with Crippen molar-refractivity contribution in [3.63, 3.8) is 0 Å². The summed E-state index contributed by atoms with van der Waals surface area (Å²) in [6, 6.07) is 8.48. The van der Waals surface area contributed by atoms with Gasteiger partial charge >= 0.3 is 0 Å². The highest BCUT2D eigenvalue weighted by molar-refractivity contribution is 9.10. The second kappa shape index (κ2) is 9.18. The molecular weight excluding hydrogens is 390 g/mol. The molecule has 3 nitrogen and oxygen atoms in total. The number of piperidine rings is 1. The monoisotopic (exact) mass is 425 g/mol. The minimum Gasteiger partial charge on any atom is -0.381 e. The number of halogens is 1. The summed E-state index contributed by atoms with van der Waals surface area (Å²) in [7, 11) is 1.86. The number of benzene rings is 1. The van der Waals surface area contributed by atoms with E-state index in [1.165, 1.54) is 5.56 Å².